The number of amides is 2. The van der Waals surface area contributed by atoms with Crippen molar-refractivity contribution in [3.63, 3.8) is 0 Å². The zero-order valence-electron chi connectivity index (χ0n) is 19.9. The molecule has 2 aliphatic rings. The molecule has 5 heteroatoms. The number of piperidine rings is 1. The molecular weight excluding hydrogens is 386 g/mol. The number of rotatable bonds is 2. The highest BCUT2D eigenvalue weighted by molar-refractivity contribution is 5.94. The van der Waals surface area contributed by atoms with Crippen molar-refractivity contribution in [1.29, 1.82) is 0 Å². The second-order valence-corrected chi connectivity index (χ2v) is 6.99. The number of carbonyl (C=O) groups excluding carboxylic acids is 2. The molecule has 2 aromatic carbocycles. The monoisotopic (exact) mass is 425 g/mol. The molecule has 0 bridgehead atoms. The van der Waals surface area contributed by atoms with Crippen molar-refractivity contribution in [3.8, 4) is 0 Å². The van der Waals surface area contributed by atoms with Gasteiger partial charge in [0.25, 0.3) is 5.91 Å². The SMILES string of the molecule is CC.CC.CN1CN(c2ccccc2)CC1=O.O=C(c1ccccc1)N1CCCCC1. The summed E-state index contributed by atoms with van der Waals surface area (Å²) in [7, 11) is 1.82. The van der Waals surface area contributed by atoms with Crippen LogP contribution in [0.1, 0.15) is 57.3 Å². The summed E-state index contributed by atoms with van der Waals surface area (Å²) in [5.74, 6) is 0.370. The molecule has 2 aromatic rings. The molecule has 0 unspecified atom stereocenters. The summed E-state index contributed by atoms with van der Waals surface area (Å²) in [4.78, 5) is 28.9. The van der Waals surface area contributed by atoms with Crippen LogP contribution in [0.4, 0.5) is 5.69 Å². The van der Waals surface area contributed by atoms with E-state index < -0.39 is 0 Å². The largest absolute Gasteiger partial charge is 0.344 e. The van der Waals surface area contributed by atoms with E-state index in [1.54, 1.807) is 4.90 Å². The molecule has 0 saturated carbocycles. The maximum Gasteiger partial charge on any atom is 0.253 e. The molecule has 0 radical (unpaired) electrons. The van der Waals surface area contributed by atoms with E-state index in [0.29, 0.717) is 13.2 Å². The number of likely N-dealkylation sites (tertiary alicyclic amines) is 1. The number of anilines is 1. The Bertz CT molecular complexity index is 744. The van der Waals surface area contributed by atoms with Crippen LogP contribution in [0.15, 0.2) is 60.7 Å². The lowest BCUT2D eigenvalue weighted by Gasteiger charge is -2.26. The van der Waals surface area contributed by atoms with Crippen molar-refractivity contribution in [2.75, 3.05) is 38.3 Å². The first-order valence-electron chi connectivity index (χ1n) is 11.5. The molecule has 2 amide bonds. The van der Waals surface area contributed by atoms with E-state index in [4.69, 9.17) is 0 Å². The van der Waals surface area contributed by atoms with Gasteiger partial charge in [-0.15, -0.1) is 0 Å². The average molecular weight is 426 g/mol. The molecule has 2 heterocycles. The normalized spacial score (nSPS) is 15.0. The van der Waals surface area contributed by atoms with Crippen molar-refractivity contribution in [2.24, 2.45) is 0 Å². The summed E-state index contributed by atoms with van der Waals surface area (Å²) in [5, 5.41) is 0. The third-order valence-electron chi connectivity index (χ3n) is 4.92. The van der Waals surface area contributed by atoms with E-state index in [-0.39, 0.29) is 11.8 Å². The molecule has 0 N–H and O–H groups in total. The Morgan fingerprint density at radius 3 is 1.77 bits per heavy atom. The Balaban J connectivity index is 0.000000268. The van der Waals surface area contributed by atoms with Crippen molar-refractivity contribution in [2.45, 2.75) is 47.0 Å². The molecule has 5 nitrogen and oxygen atoms in total. The molecule has 170 valence electrons. The molecule has 0 spiro atoms. The molecule has 4 rings (SSSR count). The van der Waals surface area contributed by atoms with Gasteiger partial charge in [-0.2, -0.15) is 0 Å². The minimum absolute atomic E-state index is 0.184. The van der Waals surface area contributed by atoms with Gasteiger partial charge in [0.15, 0.2) is 0 Å². The van der Waals surface area contributed by atoms with Gasteiger partial charge in [0.05, 0.1) is 13.2 Å². The summed E-state index contributed by atoms with van der Waals surface area (Å²) in [6, 6.07) is 19.5. The molecule has 2 fully saturated rings. The lowest BCUT2D eigenvalue weighted by Crippen LogP contribution is -2.35. The Morgan fingerprint density at radius 2 is 1.29 bits per heavy atom. The summed E-state index contributed by atoms with van der Waals surface area (Å²) < 4.78 is 0. The van der Waals surface area contributed by atoms with E-state index >= 15 is 0 Å². The zero-order valence-corrected chi connectivity index (χ0v) is 19.9. The number of para-hydroxylation sites is 1. The average Bonchev–Trinajstić information content (AvgIpc) is 3.21. The van der Waals surface area contributed by atoms with E-state index in [1.807, 2.05) is 100 Å². The number of hydrogen-bond acceptors (Lipinski definition) is 3. The van der Waals surface area contributed by atoms with Gasteiger partial charge >= 0.3 is 0 Å². The van der Waals surface area contributed by atoms with Gasteiger partial charge in [-0.25, -0.2) is 0 Å². The van der Waals surface area contributed by atoms with E-state index in [9.17, 15) is 9.59 Å². The Hall–Kier alpha value is -2.82. The first-order chi connectivity index (χ1) is 15.1. The standard InChI is InChI=1S/C12H15NO.C10H12N2O.2C2H6/c14-12(11-7-3-1-4-8-11)13-9-5-2-6-10-13;1-11-8-12(7-10(11)13)9-5-3-2-4-6-9;2*1-2/h1,3-4,7-8H,2,5-6,9-10H2;2-6H,7-8H2,1H3;2*1-2H3. The molecule has 2 saturated heterocycles. The highest BCUT2D eigenvalue weighted by atomic mass is 16.2. The Morgan fingerprint density at radius 1 is 0.774 bits per heavy atom. The maximum atomic E-state index is 11.9. The van der Waals surface area contributed by atoms with Crippen LogP contribution >= 0.6 is 0 Å². The first kappa shape index (κ1) is 26.2. The molecule has 31 heavy (non-hydrogen) atoms. The predicted molar refractivity (Wildman–Crippen MR) is 130 cm³/mol. The minimum atomic E-state index is 0.184. The second kappa shape index (κ2) is 15.1. The smallest absolute Gasteiger partial charge is 0.253 e. The summed E-state index contributed by atoms with van der Waals surface area (Å²) in [6.07, 6.45) is 3.57. The Labute approximate surface area is 188 Å². The summed E-state index contributed by atoms with van der Waals surface area (Å²) in [6.45, 7) is 11.0. The number of benzene rings is 2. The van der Waals surface area contributed by atoms with Gasteiger partial charge in [0.2, 0.25) is 5.91 Å². The molecular formula is C26H39N3O2. The van der Waals surface area contributed by atoms with Crippen molar-refractivity contribution in [3.05, 3.63) is 66.2 Å². The zero-order chi connectivity index (χ0) is 23.1. The van der Waals surface area contributed by atoms with Crippen LogP contribution in [0.25, 0.3) is 0 Å². The number of carbonyl (C=O) groups is 2. The van der Waals surface area contributed by atoms with Crippen LogP contribution in [0.3, 0.4) is 0 Å². The van der Waals surface area contributed by atoms with Gasteiger partial charge < -0.3 is 14.7 Å². The third kappa shape index (κ3) is 8.44. The molecule has 2 aliphatic heterocycles. The van der Waals surface area contributed by atoms with Gasteiger partial charge in [-0.3, -0.25) is 9.59 Å². The topological polar surface area (TPSA) is 43.9 Å². The van der Waals surface area contributed by atoms with Crippen molar-refractivity contribution >= 4 is 17.5 Å². The quantitative estimate of drug-likeness (QED) is 0.657. The van der Waals surface area contributed by atoms with Crippen LogP contribution in [-0.2, 0) is 4.79 Å². The molecule has 0 aromatic heterocycles. The van der Waals surface area contributed by atoms with Crippen LogP contribution < -0.4 is 4.90 Å². The maximum absolute atomic E-state index is 11.9. The fourth-order valence-electron chi connectivity index (χ4n) is 3.34. The molecule has 0 aliphatic carbocycles. The lowest BCUT2D eigenvalue weighted by molar-refractivity contribution is -0.125. The van der Waals surface area contributed by atoms with Gasteiger partial charge in [-0.05, 0) is 43.5 Å². The lowest BCUT2D eigenvalue weighted by atomic mass is 10.1. The highest BCUT2D eigenvalue weighted by Crippen LogP contribution is 2.17. The van der Waals surface area contributed by atoms with Crippen LogP contribution in [0.2, 0.25) is 0 Å². The van der Waals surface area contributed by atoms with E-state index in [1.165, 1.54) is 6.42 Å². The highest BCUT2D eigenvalue weighted by Gasteiger charge is 2.23. The van der Waals surface area contributed by atoms with E-state index in [0.717, 1.165) is 37.2 Å². The fourth-order valence-corrected chi connectivity index (χ4v) is 3.34. The van der Waals surface area contributed by atoms with Gasteiger partial charge in [0, 0.05) is 31.4 Å². The molecule has 0 atom stereocenters. The Kier molecular flexibility index (Phi) is 12.7. The van der Waals surface area contributed by atoms with Crippen LogP contribution in [0, 0.1) is 0 Å². The van der Waals surface area contributed by atoms with Crippen molar-refractivity contribution in [1.82, 2.24) is 9.80 Å². The number of hydrogen-bond donors (Lipinski definition) is 0. The minimum Gasteiger partial charge on any atom is -0.344 e. The predicted octanol–water partition coefficient (Wildman–Crippen LogP) is 5.29. The first-order valence-corrected chi connectivity index (χ1v) is 11.5. The summed E-state index contributed by atoms with van der Waals surface area (Å²) >= 11 is 0. The van der Waals surface area contributed by atoms with Crippen molar-refractivity contribution < 1.29 is 9.59 Å². The number of likely N-dealkylation sites (N-methyl/N-ethyl adjacent to an activating group) is 1. The third-order valence-corrected chi connectivity index (χ3v) is 4.92. The van der Waals surface area contributed by atoms with Gasteiger partial charge in [0.1, 0.15) is 0 Å². The van der Waals surface area contributed by atoms with E-state index in [2.05, 4.69) is 4.90 Å². The second-order valence-electron chi connectivity index (χ2n) is 6.99. The summed E-state index contributed by atoms with van der Waals surface area (Å²) in [5.41, 5.74) is 1.93. The van der Waals surface area contributed by atoms with Crippen LogP contribution in [-0.4, -0.2) is 55.0 Å². The van der Waals surface area contributed by atoms with Crippen LogP contribution in [0.5, 0.6) is 0 Å². The number of nitrogens with zero attached hydrogens (tertiary/aromatic N) is 3. The fraction of sp³-hybridized carbons (Fsp3) is 0.462. The van der Waals surface area contributed by atoms with Gasteiger partial charge in [-0.1, -0.05) is 64.1 Å².